The van der Waals surface area contributed by atoms with Gasteiger partial charge in [-0.15, -0.1) is 11.3 Å². The van der Waals surface area contributed by atoms with Crippen LogP contribution in [0, 0.1) is 0 Å². The molecule has 130 valence electrons. The van der Waals surface area contributed by atoms with E-state index in [1.807, 2.05) is 29.8 Å². The lowest BCUT2D eigenvalue weighted by Gasteiger charge is -2.04. The van der Waals surface area contributed by atoms with Gasteiger partial charge in [0.2, 0.25) is 0 Å². The second-order valence-electron chi connectivity index (χ2n) is 5.82. The number of thiophene rings is 1. The van der Waals surface area contributed by atoms with Crippen molar-refractivity contribution in [2.75, 3.05) is 0 Å². The number of hydrogen-bond acceptors (Lipinski definition) is 7. The molecule has 0 unspecified atom stereocenters. The summed E-state index contributed by atoms with van der Waals surface area (Å²) < 4.78 is 6.59. The third-order valence-corrected chi connectivity index (χ3v) is 5.02. The Kier molecular flexibility index (Phi) is 3.61. The van der Waals surface area contributed by atoms with Crippen LogP contribution >= 0.6 is 11.3 Å². The number of aldehydes is 1. The Morgan fingerprint density at radius 3 is 2.78 bits per heavy atom. The molecule has 27 heavy (non-hydrogen) atoms. The number of hydrogen-bond donors (Lipinski definition) is 0. The van der Waals surface area contributed by atoms with Crippen LogP contribution in [0.25, 0.3) is 38.7 Å². The van der Waals surface area contributed by atoms with E-state index in [-0.39, 0.29) is 0 Å². The van der Waals surface area contributed by atoms with Crippen LogP contribution in [0.15, 0.2) is 65.1 Å². The van der Waals surface area contributed by atoms with Crippen molar-refractivity contribution in [3.05, 3.63) is 66.1 Å². The van der Waals surface area contributed by atoms with Gasteiger partial charge in [0.05, 0.1) is 45.5 Å². The molecule has 7 nitrogen and oxygen atoms in total. The van der Waals surface area contributed by atoms with Gasteiger partial charge in [0.15, 0.2) is 5.65 Å². The fourth-order valence-electron chi connectivity index (χ4n) is 2.85. The number of nitrogens with zero attached hydrogens (tertiary/aromatic N) is 5. The first-order valence-corrected chi connectivity index (χ1v) is 8.95. The zero-order valence-corrected chi connectivity index (χ0v) is 14.6. The average Bonchev–Trinajstić information content (AvgIpc) is 3.48. The molecule has 5 heterocycles. The fourth-order valence-corrected chi connectivity index (χ4v) is 3.54. The van der Waals surface area contributed by atoms with Crippen molar-refractivity contribution in [1.29, 1.82) is 0 Å². The van der Waals surface area contributed by atoms with E-state index in [0.717, 1.165) is 22.4 Å². The summed E-state index contributed by atoms with van der Waals surface area (Å²) in [5.41, 5.74) is 4.70. The molecule has 0 spiro atoms. The van der Waals surface area contributed by atoms with Crippen molar-refractivity contribution in [1.82, 2.24) is 24.7 Å². The first-order chi connectivity index (χ1) is 13.3. The van der Waals surface area contributed by atoms with E-state index in [0.29, 0.717) is 28.2 Å². The molecule has 0 saturated carbocycles. The number of rotatable bonds is 4. The van der Waals surface area contributed by atoms with Crippen molar-refractivity contribution in [3.8, 4) is 33.1 Å². The van der Waals surface area contributed by atoms with Gasteiger partial charge < -0.3 is 4.52 Å². The number of fused-ring (bicyclic) bond motifs is 1. The van der Waals surface area contributed by atoms with E-state index in [4.69, 9.17) is 9.51 Å². The molecule has 5 aromatic heterocycles. The minimum atomic E-state index is 0.505. The van der Waals surface area contributed by atoms with Crippen LogP contribution in [0.4, 0.5) is 0 Å². The largest absolute Gasteiger partial charge is 0.364 e. The zero-order chi connectivity index (χ0) is 18.2. The third-order valence-electron chi connectivity index (χ3n) is 4.13. The monoisotopic (exact) mass is 373 g/mol. The molecule has 0 saturated heterocycles. The molecule has 0 N–H and O–H groups in total. The minimum absolute atomic E-state index is 0.505. The Bertz CT molecular complexity index is 1240. The highest BCUT2D eigenvalue weighted by molar-refractivity contribution is 7.13. The highest BCUT2D eigenvalue weighted by Gasteiger charge is 2.14. The van der Waals surface area contributed by atoms with Gasteiger partial charge in [-0.2, -0.15) is 5.10 Å². The molecule has 0 radical (unpaired) electrons. The lowest BCUT2D eigenvalue weighted by Crippen LogP contribution is -1.94. The van der Waals surface area contributed by atoms with Gasteiger partial charge in [0.1, 0.15) is 12.5 Å². The Morgan fingerprint density at radius 2 is 2.00 bits per heavy atom. The summed E-state index contributed by atoms with van der Waals surface area (Å²) in [6.45, 7) is 0. The van der Waals surface area contributed by atoms with Crippen molar-refractivity contribution >= 4 is 23.3 Å². The van der Waals surface area contributed by atoms with Gasteiger partial charge >= 0.3 is 0 Å². The Labute approximate surface area is 156 Å². The normalized spacial score (nSPS) is 11.1. The van der Waals surface area contributed by atoms with Crippen molar-refractivity contribution < 1.29 is 9.32 Å². The van der Waals surface area contributed by atoms with Crippen LogP contribution in [0.1, 0.15) is 10.4 Å². The summed E-state index contributed by atoms with van der Waals surface area (Å²) in [6.07, 6.45) is 7.41. The van der Waals surface area contributed by atoms with Gasteiger partial charge in [0, 0.05) is 11.8 Å². The van der Waals surface area contributed by atoms with E-state index >= 15 is 0 Å². The van der Waals surface area contributed by atoms with Crippen molar-refractivity contribution in [3.63, 3.8) is 0 Å². The van der Waals surface area contributed by atoms with Gasteiger partial charge in [-0.1, -0.05) is 11.2 Å². The lowest BCUT2D eigenvalue weighted by atomic mass is 10.1. The summed E-state index contributed by atoms with van der Waals surface area (Å²) >= 11 is 1.62. The molecule has 0 fully saturated rings. The van der Waals surface area contributed by atoms with Crippen molar-refractivity contribution in [2.24, 2.45) is 0 Å². The number of aromatic nitrogens is 5. The maximum absolute atomic E-state index is 11.4. The van der Waals surface area contributed by atoms with Crippen LogP contribution in [0.3, 0.4) is 0 Å². The van der Waals surface area contributed by atoms with E-state index in [1.165, 1.54) is 6.26 Å². The number of carbonyl (C=O) groups is 1. The van der Waals surface area contributed by atoms with Gasteiger partial charge in [-0.3, -0.25) is 4.79 Å². The Morgan fingerprint density at radius 1 is 1.07 bits per heavy atom. The van der Waals surface area contributed by atoms with Crippen molar-refractivity contribution in [2.45, 2.75) is 0 Å². The maximum Gasteiger partial charge on any atom is 0.165 e. The summed E-state index contributed by atoms with van der Waals surface area (Å²) in [4.78, 5) is 21.9. The lowest BCUT2D eigenvalue weighted by molar-refractivity contribution is 0.112. The summed E-state index contributed by atoms with van der Waals surface area (Å²) in [6, 6.07) is 9.35. The van der Waals surface area contributed by atoms with Crippen LogP contribution in [0.2, 0.25) is 0 Å². The van der Waals surface area contributed by atoms with Gasteiger partial charge in [-0.25, -0.2) is 14.5 Å². The smallest absolute Gasteiger partial charge is 0.165 e. The first-order valence-electron chi connectivity index (χ1n) is 8.07. The predicted octanol–water partition coefficient (Wildman–Crippen LogP) is 3.99. The molecule has 0 aliphatic heterocycles. The van der Waals surface area contributed by atoms with E-state index in [1.54, 1.807) is 40.4 Å². The maximum atomic E-state index is 11.4. The third kappa shape index (κ3) is 2.72. The molecule has 0 amide bonds. The topological polar surface area (TPSA) is 86.2 Å². The Hall–Kier alpha value is -3.65. The number of carbonyl (C=O) groups excluding carboxylic acids is 1. The fraction of sp³-hybridized carbons (Fsp3) is 0. The van der Waals surface area contributed by atoms with Gasteiger partial charge in [0.25, 0.3) is 0 Å². The second-order valence-corrected chi connectivity index (χ2v) is 6.77. The summed E-state index contributed by atoms with van der Waals surface area (Å²) in [7, 11) is 0. The molecule has 0 aliphatic carbocycles. The molecule has 5 rings (SSSR count). The van der Waals surface area contributed by atoms with E-state index < -0.39 is 0 Å². The first kappa shape index (κ1) is 15.6. The average molecular weight is 373 g/mol. The molecule has 0 atom stereocenters. The van der Waals surface area contributed by atoms with Crippen LogP contribution < -0.4 is 0 Å². The molecule has 8 heteroatoms. The zero-order valence-electron chi connectivity index (χ0n) is 13.8. The van der Waals surface area contributed by atoms with E-state index in [2.05, 4.69) is 15.2 Å². The molecular formula is C19H11N5O2S. The molecular weight excluding hydrogens is 362 g/mol. The quantitative estimate of drug-likeness (QED) is 0.443. The molecule has 0 aliphatic rings. The summed E-state index contributed by atoms with van der Waals surface area (Å²) in [5, 5.41) is 10.1. The Balaban J connectivity index is 1.70. The van der Waals surface area contributed by atoms with E-state index in [9.17, 15) is 4.79 Å². The minimum Gasteiger partial charge on any atom is -0.364 e. The molecule has 0 bridgehead atoms. The summed E-state index contributed by atoms with van der Waals surface area (Å²) in [5.74, 6) is 0. The second kappa shape index (κ2) is 6.26. The molecule has 0 aromatic carbocycles. The number of pyridine rings is 1. The van der Waals surface area contributed by atoms with Crippen LogP contribution in [-0.2, 0) is 0 Å². The predicted molar refractivity (Wildman–Crippen MR) is 100 cm³/mol. The van der Waals surface area contributed by atoms with Crippen LogP contribution in [0.5, 0.6) is 0 Å². The highest BCUT2D eigenvalue weighted by Crippen LogP contribution is 2.29. The SMILES string of the molecule is O=Cc1cc(-c2cnoc2)nc(-c2cnn3ccc(-c4cccs4)nc23)c1. The molecule has 5 aromatic rings. The van der Waals surface area contributed by atoms with Crippen LogP contribution in [-0.4, -0.2) is 31.0 Å². The standard InChI is InChI=1S/C19H11N5O2S/c25-10-12-6-16(13-8-21-26-11-13)22-17(7-12)14-9-20-24-4-3-15(23-19(14)24)18-2-1-5-27-18/h1-11H. The van der Waals surface area contributed by atoms with Gasteiger partial charge in [-0.05, 0) is 29.6 Å². The highest BCUT2D eigenvalue weighted by atomic mass is 32.1.